The van der Waals surface area contributed by atoms with Gasteiger partial charge in [-0.2, -0.15) is 4.98 Å². The molecule has 0 fully saturated rings. The number of nitrogens with two attached hydrogens (primary N) is 3. The highest BCUT2D eigenvalue weighted by Gasteiger charge is 2.15. The molecule has 0 atom stereocenters. The lowest BCUT2D eigenvalue weighted by Gasteiger charge is -2.13. The Morgan fingerprint density at radius 2 is 1.68 bits per heavy atom. The van der Waals surface area contributed by atoms with E-state index < -0.39 is 0 Å². The van der Waals surface area contributed by atoms with Gasteiger partial charge in [0.15, 0.2) is 0 Å². The second-order valence-electron chi connectivity index (χ2n) is 5.50. The van der Waals surface area contributed by atoms with E-state index in [1.807, 2.05) is 42.5 Å². The van der Waals surface area contributed by atoms with Crippen molar-refractivity contribution in [3.05, 3.63) is 64.3 Å². The first-order valence-electron chi connectivity index (χ1n) is 7.63. The number of nitrogens with zero attached hydrogens (tertiary/aromatic N) is 2. The third kappa shape index (κ3) is 4.07. The van der Waals surface area contributed by atoms with Gasteiger partial charge >= 0.3 is 0 Å². The van der Waals surface area contributed by atoms with Crippen LogP contribution in [0.25, 0.3) is 11.1 Å². The van der Waals surface area contributed by atoms with Crippen molar-refractivity contribution in [2.75, 3.05) is 17.2 Å². The van der Waals surface area contributed by atoms with E-state index in [0.29, 0.717) is 29.4 Å². The highest BCUT2D eigenvalue weighted by molar-refractivity contribution is 9.10. The second-order valence-corrected chi connectivity index (χ2v) is 6.36. The van der Waals surface area contributed by atoms with E-state index in [2.05, 4.69) is 25.9 Å². The zero-order valence-corrected chi connectivity index (χ0v) is 15.0. The predicted molar refractivity (Wildman–Crippen MR) is 103 cm³/mol. The molecule has 0 bridgehead atoms. The van der Waals surface area contributed by atoms with E-state index in [0.717, 1.165) is 15.6 Å². The van der Waals surface area contributed by atoms with Gasteiger partial charge in [-0.15, -0.1) is 0 Å². The highest BCUT2D eigenvalue weighted by Crippen LogP contribution is 2.32. The predicted octanol–water partition coefficient (Wildman–Crippen LogP) is 3.37. The fraction of sp³-hybridized carbons (Fsp3) is 0.111. The topological polar surface area (TPSA) is 113 Å². The van der Waals surface area contributed by atoms with E-state index in [9.17, 15) is 0 Å². The van der Waals surface area contributed by atoms with Crippen molar-refractivity contribution in [2.45, 2.75) is 13.2 Å². The lowest BCUT2D eigenvalue weighted by atomic mass is 10.0. The Hall–Kier alpha value is -2.64. The first-order chi connectivity index (χ1) is 12.0. The third-order valence-corrected chi connectivity index (χ3v) is 4.36. The fourth-order valence-electron chi connectivity index (χ4n) is 2.49. The summed E-state index contributed by atoms with van der Waals surface area (Å²) in [6.45, 7) is 0.735. The number of benzene rings is 2. The zero-order chi connectivity index (χ0) is 17.8. The van der Waals surface area contributed by atoms with Gasteiger partial charge in [0.1, 0.15) is 5.82 Å². The smallest absolute Gasteiger partial charge is 0.222 e. The van der Waals surface area contributed by atoms with Crippen molar-refractivity contribution in [1.29, 1.82) is 0 Å². The average Bonchev–Trinajstić information content (AvgIpc) is 2.58. The molecule has 7 heteroatoms. The molecule has 0 amide bonds. The fourth-order valence-corrected chi connectivity index (χ4v) is 2.87. The van der Waals surface area contributed by atoms with E-state index in [1.165, 1.54) is 0 Å². The molecule has 0 saturated carbocycles. The van der Waals surface area contributed by atoms with Crippen molar-refractivity contribution in [2.24, 2.45) is 0 Å². The van der Waals surface area contributed by atoms with Crippen LogP contribution in [0, 0.1) is 0 Å². The molecule has 1 heterocycles. The number of nitrogen functional groups attached to an aromatic ring is 3. The molecule has 6 nitrogen and oxygen atoms in total. The summed E-state index contributed by atoms with van der Waals surface area (Å²) < 4.78 is 6.57. The molecule has 1 aromatic heterocycles. The van der Waals surface area contributed by atoms with Gasteiger partial charge in [0.05, 0.1) is 18.9 Å². The van der Waals surface area contributed by atoms with Crippen LogP contribution in [0.1, 0.15) is 11.3 Å². The van der Waals surface area contributed by atoms with Crippen LogP contribution in [0.5, 0.6) is 0 Å². The minimum atomic E-state index is 0.120. The minimum absolute atomic E-state index is 0.120. The number of aromatic nitrogens is 2. The van der Waals surface area contributed by atoms with E-state index in [-0.39, 0.29) is 12.6 Å². The van der Waals surface area contributed by atoms with Gasteiger partial charge in [-0.05, 0) is 39.2 Å². The van der Waals surface area contributed by atoms with Crippen LogP contribution in [0.2, 0.25) is 0 Å². The van der Waals surface area contributed by atoms with Crippen molar-refractivity contribution in [3.8, 4) is 11.1 Å². The number of halogens is 1. The molecule has 128 valence electrons. The maximum Gasteiger partial charge on any atom is 0.222 e. The largest absolute Gasteiger partial charge is 0.398 e. The molecule has 0 aliphatic rings. The summed E-state index contributed by atoms with van der Waals surface area (Å²) in [7, 11) is 0. The van der Waals surface area contributed by atoms with Crippen LogP contribution in [0.3, 0.4) is 0 Å². The lowest BCUT2D eigenvalue weighted by Crippen LogP contribution is -2.08. The molecule has 0 saturated heterocycles. The number of ether oxygens (including phenoxy) is 1. The van der Waals surface area contributed by atoms with Gasteiger partial charge in [-0.1, -0.05) is 36.4 Å². The molecule has 25 heavy (non-hydrogen) atoms. The summed E-state index contributed by atoms with van der Waals surface area (Å²) in [5, 5.41) is 0. The SMILES string of the molecule is Nc1nc(N)c(-c2ccc(N)c(Br)c2)c(COCc2ccccc2)n1. The van der Waals surface area contributed by atoms with E-state index >= 15 is 0 Å². The molecule has 6 N–H and O–H groups in total. The molecule has 0 aliphatic heterocycles. The van der Waals surface area contributed by atoms with Gasteiger partial charge < -0.3 is 21.9 Å². The molecule has 0 spiro atoms. The maximum absolute atomic E-state index is 6.09. The Labute approximate surface area is 154 Å². The highest BCUT2D eigenvalue weighted by atomic mass is 79.9. The molecule has 2 aromatic carbocycles. The summed E-state index contributed by atoms with van der Waals surface area (Å²) >= 11 is 3.43. The molecule has 3 aromatic rings. The molecule has 0 radical (unpaired) electrons. The summed E-state index contributed by atoms with van der Waals surface area (Å²) in [4.78, 5) is 8.38. The van der Waals surface area contributed by atoms with Crippen LogP contribution in [-0.2, 0) is 18.0 Å². The van der Waals surface area contributed by atoms with Crippen LogP contribution in [-0.4, -0.2) is 9.97 Å². The van der Waals surface area contributed by atoms with Crippen molar-refractivity contribution in [3.63, 3.8) is 0 Å². The summed E-state index contributed by atoms with van der Waals surface area (Å²) in [6, 6.07) is 15.4. The molecular weight excluding hydrogens is 382 g/mol. The standard InChI is InChI=1S/C18H18BrN5O/c19-13-8-12(6-7-14(13)20)16-15(23-18(22)24-17(16)21)10-25-9-11-4-2-1-3-5-11/h1-8H,9-10,20H2,(H4,21,22,23,24). The second kappa shape index (κ2) is 7.50. The van der Waals surface area contributed by atoms with E-state index in [4.69, 9.17) is 21.9 Å². The van der Waals surface area contributed by atoms with Crippen molar-refractivity contribution < 1.29 is 4.74 Å². The van der Waals surface area contributed by atoms with Gasteiger partial charge in [-0.25, -0.2) is 4.98 Å². The Bertz CT molecular complexity index is 886. The van der Waals surface area contributed by atoms with Crippen LogP contribution < -0.4 is 17.2 Å². The normalized spacial score (nSPS) is 10.8. The lowest BCUT2D eigenvalue weighted by molar-refractivity contribution is 0.105. The monoisotopic (exact) mass is 399 g/mol. The summed E-state index contributed by atoms with van der Waals surface area (Å²) in [5.74, 6) is 0.427. The minimum Gasteiger partial charge on any atom is -0.398 e. The Kier molecular flexibility index (Phi) is 5.16. The van der Waals surface area contributed by atoms with Gasteiger partial charge in [0.2, 0.25) is 5.95 Å². The van der Waals surface area contributed by atoms with Crippen LogP contribution >= 0.6 is 15.9 Å². The van der Waals surface area contributed by atoms with Crippen molar-refractivity contribution in [1.82, 2.24) is 9.97 Å². The Balaban J connectivity index is 1.88. The molecular formula is C18H18BrN5O. The van der Waals surface area contributed by atoms with Gasteiger partial charge in [0, 0.05) is 15.7 Å². The molecule has 0 unspecified atom stereocenters. The van der Waals surface area contributed by atoms with Gasteiger partial charge in [0.25, 0.3) is 0 Å². The van der Waals surface area contributed by atoms with E-state index in [1.54, 1.807) is 6.07 Å². The number of rotatable bonds is 5. The van der Waals surface area contributed by atoms with Crippen LogP contribution in [0.15, 0.2) is 53.0 Å². The van der Waals surface area contributed by atoms with Crippen LogP contribution in [0.4, 0.5) is 17.5 Å². The molecule has 3 rings (SSSR count). The number of anilines is 3. The Morgan fingerprint density at radius 3 is 2.40 bits per heavy atom. The first-order valence-corrected chi connectivity index (χ1v) is 8.43. The Morgan fingerprint density at radius 1 is 0.920 bits per heavy atom. The average molecular weight is 400 g/mol. The summed E-state index contributed by atoms with van der Waals surface area (Å²) in [5.41, 5.74) is 21.6. The summed E-state index contributed by atoms with van der Waals surface area (Å²) in [6.07, 6.45) is 0. The quantitative estimate of drug-likeness (QED) is 0.566. The maximum atomic E-state index is 6.09. The van der Waals surface area contributed by atoms with Crippen molar-refractivity contribution >= 4 is 33.4 Å². The third-order valence-electron chi connectivity index (χ3n) is 3.67. The molecule has 0 aliphatic carbocycles. The first kappa shape index (κ1) is 17.2. The zero-order valence-electron chi connectivity index (χ0n) is 13.4. The number of hydrogen-bond acceptors (Lipinski definition) is 6. The van der Waals surface area contributed by atoms with Gasteiger partial charge in [-0.3, -0.25) is 0 Å². The number of hydrogen-bond donors (Lipinski definition) is 3.